The van der Waals surface area contributed by atoms with Crippen LogP contribution in [0.1, 0.15) is 26.2 Å². The molecule has 0 bridgehead atoms. The number of benzene rings is 1. The van der Waals surface area contributed by atoms with Gasteiger partial charge in [0.15, 0.2) is 0 Å². The number of halogens is 2. The highest BCUT2D eigenvalue weighted by Gasteiger charge is 2.26. The Balaban J connectivity index is 1.88. The molecule has 0 aliphatic carbocycles. The van der Waals surface area contributed by atoms with Crippen molar-refractivity contribution in [3.8, 4) is 0 Å². The molecular weight excluding hydrogens is 292 g/mol. The summed E-state index contributed by atoms with van der Waals surface area (Å²) < 4.78 is 26.2. The number of nitrogens with zero attached hydrogens (tertiary/aromatic N) is 1. The van der Waals surface area contributed by atoms with Crippen LogP contribution >= 0.6 is 0 Å². The van der Waals surface area contributed by atoms with Crippen LogP contribution < -0.4 is 10.6 Å². The van der Waals surface area contributed by atoms with Crippen LogP contribution in [0.5, 0.6) is 0 Å². The zero-order valence-electron chi connectivity index (χ0n) is 12.4. The fraction of sp³-hybridized carbons (Fsp3) is 0.467. The van der Waals surface area contributed by atoms with E-state index in [1.54, 1.807) is 0 Å². The summed E-state index contributed by atoms with van der Waals surface area (Å²) >= 11 is 0. The van der Waals surface area contributed by atoms with Crippen LogP contribution in [0.3, 0.4) is 0 Å². The lowest BCUT2D eigenvalue weighted by molar-refractivity contribution is -0.138. The predicted molar refractivity (Wildman–Crippen MR) is 78.0 cm³/mol. The van der Waals surface area contributed by atoms with E-state index in [4.69, 9.17) is 0 Å². The third kappa shape index (κ3) is 4.24. The molecule has 0 radical (unpaired) electrons. The number of hydrogen-bond donors (Lipinski definition) is 2. The molecule has 1 fully saturated rings. The van der Waals surface area contributed by atoms with E-state index in [0.717, 1.165) is 25.0 Å². The molecule has 1 aromatic carbocycles. The average Bonchev–Trinajstić information content (AvgIpc) is 2.45. The van der Waals surface area contributed by atoms with Crippen molar-refractivity contribution in [2.75, 3.05) is 18.5 Å². The van der Waals surface area contributed by atoms with Crippen LogP contribution in [0.15, 0.2) is 18.2 Å². The number of hydrogen-bond acceptors (Lipinski definition) is 3. The number of carbonyl (C=O) groups excluding carboxylic acids is 2. The highest BCUT2D eigenvalue weighted by molar-refractivity contribution is 5.94. The van der Waals surface area contributed by atoms with Crippen molar-refractivity contribution < 1.29 is 18.4 Å². The van der Waals surface area contributed by atoms with Crippen molar-refractivity contribution in [1.29, 1.82) is 0 Å². The molecule has 1 unspecified atom stereocenters. The minimum Gasteiger partial charge on any atom is -0.322 e. The zero-order valence-corrected chi connectivity index (χ0v) is 12.4. The first-order chi connectivity index (χ1) is 10.5. The van der Waals surface area contributed by atoms with Crippen LogP contribution in [-0.4, -0.2) is 36.0 Å². The molecule has 0 aromatic heterocycles. The maximum atomic E-state index is 13.5. The van der Waals surface area contributed by atoms with Gasteiger partial charge in [-0.2, -0.15) is 0 Å². The second-order valence-corrected chi connectivity index (χ2v) is 5.32. The van der Waals surface area contributed by atoms with Crippen molar-refractivity contribution in [1.82, 2.24) is 10.2 Å². The molecule has 1 saturated heterocycles. The Bertz CT molecular complexity index is 566. The van der Waals surface area contributed by atoms with Gasteiger partial charge in [0, 0.05) is 18.5 Å². The van der Waals surface area contributed by atoms with Crippen molar-refractivity contribution in [3.63, 3.8) is 0 Å². The smallest absolute Gasteiger partial charge is 0.244 e. The second-order valence-electron chi connectivity index (χ2n) is 5.32. The molecule has 22 heavy (non-hydrogen) atoms. The molecule has 0 spiro atoms. The normalized spacial score (nSPS) is 18.4. The minimum atomic E-state index is -0.848. The Morgan fingerprint density at radius 2 is 2.23 bits per heavy atom. The fourth-order valence-corrected chi connectivity index (χ4v) is 2.39. The van der Waals surface area contributed by atoms with Crippen molar-refractivity contribution in [3.05, 3.63) is 29.8 Å². The lowest BCUT2D eigenvalue weighted by Crippen LogP contribution is -2.52. The van der Waals surface area contributed by atoms with Crippen LogP contribution in [0.4, 0.5) is 14.5 Å². The topological polar surface area (TPSA) is 61.4 Å². The van der Waals surface area contributed by atoms with Gasteiger partial charge < -0.3 is 10.2 Å². The molecule has 2 rings (SSSR count). The summed E-state index contributed by atoms with van der Waals surface area (Å²) in [5, 5.41) is 5.53. The number of carbonyl (C=O) groups is 2. The number of nitrogens with one attached hydrogen (secondary N) is 2. The summed E-state index contributed by atoms with van der Waals surface area (Å²) in [6, 6.07) is 3.04. The third-order valence-electron chi connectivity index (χ3n) is 3.52. The van der Waals surface area contributed by atoms with E-state index in [1.807, 2.05) is 6.92 Å². The molecule has 2 N–H and O–H groups in total. The molecular formula is C15H19F2N3O2. The SMILES string of the molecule is CCCC1CC(=O)N(CC(=O)Nc2ccc(F)cc2F)CN1. The molecule has 7 heteroatoms. The number of anilines is 1. The van der Waals surface area contributed by atoms with Crippen LogP contribution in [0.2, 0.25) is 0 Å². The van der Waals surface area contributed by atoms with Gasteiger partial charge in [0.05, 0.1) is 12.4 Å². The van der Waals surface area contributed by atoms with Gasteiger partial charge in [-0.1, -0.05) is 13.3 Å². The summed E-state index contributed by atoms with van der Waals surface area (Å²) in [6.07, 6.45) is 2.24. The van der Waals surface area contributed by atoms with E-state index < -0.39 is 17.5 Å². The van der Waals surface area contributed by atoms with Gasteiger partial charge in [0.25, 0.3) is 0 Å². The maximum Gasteiger partial charge on any atom is 0.244 e. The first-order valence-corrected chi connectivity index (χ1v) is 7.25. The molecule has 1 atom stereocenters. The first kappa shape index (κ1) is 16.4. The van der Waals surface area contributed by atoms with Gasteiger partial charge >= 0.3 is 0 Å². The zero-order chi connectivity index (χ0) is 16.1. The summed E-state index contributed by atoms with van der Waals surface area (Å²) in [7, 11) is 0. The molecule has 1 aliphatic heterocycles. The minimum absolute atomic E-state index is 0.104. The average molecular weight is 311 g/mol. The molecule has 120 valence electrons. The second kappa shape index (κ2) is 7.31. The first-order valence-electron chi connectivity index (χ1n) is 7.25. The van der Waals surface area contributed by atoms with Crippen LogP contribution in [0, 0.1) is 11.6 Å². The lowest BCUT2D eigenvalue weighted by atomic mass is 10.1. The van der Waals surface area contributed by atoms with Gasteiger partial charge in [-0.05, 0) is 18.6 Å². The van der Waals surface area contributed by atoms with Crippen molar-refractivity contribution in [2.24, 2.45) is 0 Å². The lowest BCUT2D eigenvalue weighted by Gasteiger charge is -2.32. The van der Waals surface area contributed by atoms with Crippen LogP contribution in [0.25, 0.3) is 0 Å². The molecule has 2 amide bonds. The maximum absolute atomic E-state index is 13.5. The van der Waals surface area contributed by atoms with Gasteiger partial charge in [-0.3, -0.25) is 14.9 Å². The Morgan fingerprint density at radius 1 is 1.45 bits per heavy atom. The number of rotatable bonds is 5. The van der Waals surface area contributed by atoms with E-state index in [2.05, 4.69) is 10.6 Å². The number of amides is 2. The van der Waals surface area contributed by atoms with E-state index >= 15 is 0 Å². The molecule has 1 heterocycles. The van der Waals surface area contributed by atoms with Gasteiger partial charge in [-0.15, -0.1) is 0 Å². The Kier molecular flexibility index (Phi) is 5.43. The predicted octanol–water partition coefficient (Wildman–Crippen LogP) is 1.85. The summed E-state index contributed by atoms with van der Waals surface area (Å²) in [4.78, 5) is 25.2. The van der Waals surface area contributed by atoms with E-state index in [9.17, 15) is 18.4 Å². The third-order valence-corrected chi connectivity index (χ3v) is 3.52. The quantitative estimate of drug-likeness (QED) is 0.872. The van der Waals surface area contributed by atoms with Crippen molar-refractivity contribution >= 4 is 17.5 Å². The van der Waals surface area contributed by atoms with E-state index in [-0.39, 0.29) is 24.2 Å². The highest BCUT2D eigenvalue weighted by atomic mass is 19.1. The Labute approximate surface area is 127 Å². The monoisotopic (exact) mass is 311 g/mol. The largest absolute Gasteiger partial charge is 0.322 e. The highest BCUT2D eigenvalue weighted by Crippen LogP contribution is 2.15. The Morgan fingerprint density at radius 3 is 2.86 bits per heavy atom. The van der Waals surface area contributed by atoms with Gasteiger partial charge in [-0.25, -0.2) is 8.78 Å². The molecule has 1 aromatic rings. The summed E-state index contributed by atoms with van der Waals surface area (Å²) in [5.41, 5.74) is -0.104. The van der Waals surface area contributed by atoms with Crippen molar-refractivity contribution in [2.45, 2.75) is 32.2 Å². The molecule has 0 saturated carbocycles. The molecule has 1 aliphatic rings. The standard InChI is InChI=1S/C15H19F2N3O2/c1-2-3-11-7-15(22)20(9-18-11)8-14(21)19-13-5-4-10(16)6-12(13)17/h4-6,11,18H,2-3,7-9H2,1H3,(H,19,21). The summed E-state index contributed by atoms with van der Waals surface area (Å²) in [6.45, 7) is 2.17. The van der Waals surface area contributed by atoms with Gasteiger partial charge in [0.2, 0.25) is 11.8 Å². The van der Waals surface area contributed by atoms with E-state index in [0.29, 0.717) is 19.2 Å². The molecule has 5 nitrogen and oxygen atoms in total. The Hall–Kier alpha value is -2.02. The summed E-state index contributed by atoms with van der Waals surface area (Å²) in [5.74, 6) is -2.19. The fourth-order valence-electron chi connectivity index (χ4n) is 2.39. The van der Waals surface area contributed by atoms with Gasteiger partial charge in [0.1, 0.15) is 18.2 Å². The van der Waals surface area contributed by atoms with Crippen LogP contribution in [-0.2, 0) is 9.59 Å². The van der Waals surface area contributed by atoms with E-state index in [1.165, 1.54) is 4.90 Å².